The van der Waals surface area contributed by atoms with E-state index in [0.29, 0.717) is 0 Å². The van der Waals surface area contributed by atoms with Gasteiger partial charge in [0, 0.05) is 5.57 Å². The van der Waals surface area contributed by atoms with Crippen molar-refractivity contribution in [3.63, 3.8) is 0 Å². The summed E-state index contributed by atoms with van der Waals surface area (Å²) in [6.45, 7) is 1.52. The number of carboxylic acids is 1. The van der Waals surface area contributed by atoms with Gasteiger partial charge in [-0.3, -0.25) is 0 Å². The minimum atomic E-state index is -4.99. The van der Waals surface area contributed by atoms with E-state index in [4.69, 9.17) is 39.9 Å². The fourth-order valence-electron chi connectivity index (χ4n) is 1.09. The van der Waals surface area contributed by atoms with Crippen molar-refractivity contribution >= 4 is 40.8 Å². The number of carboxylic acid groups (broad SMARTS) is 1. The predicted octanol–water partition coefficient (Wildman–Crippen LogP) is 4.10. The zero-order valence-electron chi connectivity index (χ0n) is 8.04. The van der Waals surface area contributed by atoms with Crippen LogP contribution in [0.25, 0.3) is 0 Å². The first-order chi connectivity index (χ1) is 7.01. The molecule has 1 N–H and O–H groups in total. The maximum Gasteiger partial charge on any atom is 0.417 e. The van der Waals surface area contributed by atoms with Gasteiger partial charge in [0.2, 0.25) is 3.79 Å². The van der Waals surface area contributed by atoms with Crippen molar-refractivity contribution in [3.05, 3.63) is 11.1 Å². The van der Waals surface area contributed by atoms with E-state index in [1.807, 2.05) is 0 Å². The Labute approximate surface area is 105 Å². The lowest BCUT2D eigenvalue weighted by molar-refractivity contribution is -0.134. The number of alkyl halides is 6. The smallest absolute Gasteiger partial charge is 0.417 e. The molecule has 2 nitrogen and oxygen atoms in total. The Kier molecular flexibility index (Phi) is 5.42. The average molecular weight is 300 g/mol. The van der Waals surface area contributed by atoms with E-state index in [2.05, 4.69) is 0 Å². The zero-order valence-corrected chi connectivity index (χ0v) is 10.3. The molecule has 0 aromatic rings. The minimum Gasteiger partial charge on any atom is -0.478 e. The van der Waals surface area contributed by atoms with Crippen LogP contribution in [0.3, 0.4) is 0 Å². The summed E-state index contributed by atoms with van der Waals surface area (Å²) in [6, 6.07) is 0. The van der Waals surface area contributed by atoms with Crippen LogP contribution in [0.2, 0.25) is 0 Å². The molecule has 0 rings (SSSR count). The first kappa shape index (κ1) is 15.9. The molecule has 0 fully saturated rings. The van der Waals surface area contributed by atoms with Gasteiger partial charge in [-0.05, 0) is 6.42 Å². The van der Waals surface area contributed by atoms with E-state index >= 15 is 0 Å². The molecule has 0 saturated carbocycles. The molecule has 0 saturated heterocycles. The van der Waals surface area contributed by atoms with E-state index in [0.717, 1.165) is 0 Å². The van der Waals surface area contributed by atoms with Crippen LogP contribution in [0.4, 0.5) is 13.2 Å². The van der Waals surface area contributed by atoms with Crippen molar-refractivity contribution in [3.8, 4) is 0 Å². The van der Waals surface area contributed by atoms with E-state index in [-0.39, 0.29) is 12.8 Å². The van der Waals surface area contributed by atoms with Gasteiger partial charge in [-0.15, -0.1) is 0 Å². The lowest BCUT2D eigenvalue weighted by Gasteiger charge is -2.21. The highest BCUT2D eigenvalue weighted by atomic mass is 35.6. The van der Waals surface area contributed by atoms with Crippen LogP contribution in [0.1, 0.15) is 19.8 Å². The molecule has 0 heterocycles. The summed E-state index contributed by atoms with van der Waals surface area (Å²) in [7, 11) is 0. The second-order valence-corrected chi connectivity index (χ2v) is 5.19. The fraction of sp³-hybridized carbons (Fsp3) is 0.625. The van der Waals surface area contributed by atoms with Crippen molar-refractivity contribution in [1.82, 2.24) is 0 Å². The molecule has 8 heteroatoms. The number of aliphatic carboxylic acids is 1. The lowest BCUT2D eigenvalue weighted by atomic mass is 10.0. The van der Waals surface area contributed by atoms with Crippen molar-refractivity contribution in [1.29, 1.82) is 0 Å². The summed E-state index contributed by atoms with van der Waals surface area (Å²) in [5.74, 6) is -1.74. The van der Waals surface area contributed by atoms with Crippen molar-refractivity contribution in [2.75, 3.05) is 0 Å². The van der Waals surface area contributed by atoms with E-state index in [9.17, 15) is 18.0 Å². The number of hydrogen-bond donors (Lipinski definition) is 1. The molecule has 0 radical (unpaired) electrons. The number of carbonyl (C=O) groups is 1. The standard InChI is InChI=1S/C8H8Cl3F3O2/c1-2-3-4(6(15)16)5(7(9,10)11)8(12,13)14/h2-3H2,1H3,(H,15,16). The molecular formula is C8H8Cl3F3O2. The second kappa shape index (κ2) is 5.47. The van der Waals surface area contributed by atoms with Crippen LogP contribution in [0, 0.1) is 0 Å². The Morgan fingerprint density at radius 3 is 1.88 bits per heavy atom. The summed E-state index contributed by atoms with van der Waals surface area (Å²) < 4.78 is 34.9. The monoisotopic (exact) mass is 298 g/mol. The summed E-state index contributed by atoms with van der Waals surface area (Å²) in [4.78, 5) is 10.7. The number of allylic oxidation sites excluding steroid dienone is 1. The van der Waals surface area contributed by atoms with Crippen molar-refractivity contribution in [2.24, 2.45) is 0 Å². The minimum absolute atomic E-state index is 0.196. The molecule has 0 aromatic heterocycles. The molecule has 0 atom stereocenters. The molecular weight excluding hydrogens is 291 g/mol. The maximum absolute atomic E-state index is 12.6. The largest absolute Gasteiger partial charge is 0.478 e. The van der Waals surface area contributed by atoms with E-state index in [1.54, 1.807) is 0 Å². The molecule has 0 aliphatic heterocycles. The van der Waals surface area contributed by atoms with Crippen LogP contribution in [0.15, 0.2) is 11.1 Å². The van der Waals surface area contributed by atoms with Gasteiger partial charge in [0.25, 0.3) is 0 Å². The van der Waals surface area contributed by atoms with Crippen LogP contribution in [-0.2, 0) is 4.79 Å². The Morgan fingerprint density at radius 2 is 1.69 bits per heavy atom. The highest BCUT2D eigenvalue weighted by Crippen LogP contribution is 2.46. The second-order valence-electron chi connectivity index (χ2n) is 2.90. The zero-order chi connectivity index (χ0) is 13.1. The van der Waals surface area contributed by atoms with Gasteiger partial charge in [-0.2, -0.15) is 13.2 Å². The Hall–Kier alpha value is -0.130. The molecule has 16 heavy (non-hydrogen) atoms. The third-order valence-electron chi connectivity index (χ3n) is 1.63. The predicted molar refractivity (Wildman–Crippen MR) is 55.9 cm³/mol. The van der Waals surface area contributed by atoms with Crippen LogP contribution in [0.5, 0.6) is 0 Å². The van der Waals surface area contributed by atoms with Crippen molar-refractivity contribution < 1.29 is 23.1 Å². The van der Waals surface area contributed by atoms with Gasteiger partial charge in [0.05, 0.1) is 5.57 Å². The molecule has 0 unspecified atom stereocenters. The first-order valence-corrected chi connectivity index (χ1v) is 5.26. The van der Waals surface area contributed by atoms with Gasteiger partial charge in [0.1, 0.15) is 0 Å². The Morgan fingerprint density at radius 1 is 1.25 bits per heavy atom. The Bertz CT molecular complexity index is 289. The molecule has 0 amide bonds. The molecule has 0 aromatic carbocycles. The normalized spacial score (nSPS) is 14.7. The third-order valence-corrected chi connectivity index (χ3v) is 2.19. The number of halogens is 6. The van der Waals surface area contributed by atoms with Gasteiger partial charge in [-0.1, -0.05) is 48.1 Å². The van der Waals surface area contributed by atoms with Gasteiger partial charge < -0.3 is 5.11 Å². The van der Waals surface area contributed by atoms with Gasteiger partial charge >= 0.3 is 12.1 Å². The molecule has 94 valence electrons. The topological polar surface area (TPSA) is 37.3 Å². The number of rotatable bonds is 3. The van der Waals surface area contributed by atoms with Crippen LogP contribution in [-0.4, -0.2) is 21.0 Å². The fourth-order valence-corrected chi connectivity index (χ4v) is 1.76. The maximum atomic E-state index is 12.6. The van der Waals surface area contributed by atoms with Gasteiger partial charge in [-0.25, -0.2) is 4.79 Å². The summed E-state index contributed by atoms with van der Waals surface area (Å²) >= 11 is 15.4. The first-order valence-electron chi connectivity index (χ1n) is 4.12. The van der Waals surface area contributed by atoms with E-state index < -0.39 is 27.1 Å². The van der Waals surface area contributed by atoms with Gasteiger partial charge in [0.15, 0.2) is 0 Å². The third kappa shape index (κ3) is 4.39. The summed E-state index contributed by atoms with van der Waals surface area (Å²) in [5, 5.41) is 8.67. The van der Waals surface area contributed by atoms with Crippen molar-refractivity contribution in [2.45, 2.75) is 29.7 Å². The average Bonchev–Trinajstić information content (AvgIpc) is 1.97. The highest BCUT2D eigenvalue weighted by Gasteiger charge is 2.48. The highest BCUT2D eigenvalue weighted by molar-refractivity contribution is 6.69. The molecule has 0 spiro atoms. The quantitative estimate of drug-likeness (QED) is 0.629. The molecule has 0 bridgehead atoms. The summed E-state index contributed by atoms with van der Waals surface area (Å²) in [5.41, 5.74) is -2.56. The number of hydrogen-bond acceptors (Lipinski definition) is 1. The van der Waals surface area contributed by atoms with Crippen LogP contribution < -0.4 is 0 Å². The summed E-state index contributed by atoms with van der Waals surface area (Å²) in [6.07, 6.45) is -5.12. The molecule has 0 aliphatic rings. The molecule has 0 aliphatic carbocycles. The van der Waals surface area contributed by atoms with Crippen LogP contribution >= 0.6 is 34.8 Å². The lowest BCUT2D eigenvalue weighted by Crippen LogP contribution is -2.28. The SMILES string of the molecule is CCCC(C(=O)O)=C(C(F)(F)F)C(Cl)(Cl)Cl. The Balaban J connectivity index is 5.77. The van der Waals surface area contributed by atoms with E-state index in [1.165, 1.54) is 6.92 Å².